The van der Waals surface area contributed by atoms with Crippen molar-refractivity contribution in [1.29, 1.82) is 0 Å². The maximum Gasteiger partial charge on any atom is 0.240 e. The van der Waals surface area contributed by atoms with Gasteiger partial charge in [0.15, 0.2) is 0 Å². The Bertz CT molecular complexity index is 590. The molecule has 21 heavy (non-hydrogen) atoms. The van der Waals surface area contributed by atoms with Crippen molar-refractivity contribution in [3.8, 4) is 0 Å². The first-order valence-corrected chi connectivity index (χ1v) is 6.89. The van der Waals surface area contributed by atoms with Crippen molar-refractivity contribution in [2.75, 3.05) is 0 Å². The lowest BCUT2D eigenvalue weighted by Gasteiger charge is -2.20. The third-order valence-corrected chi connectivity index (χ3v) is 3.77. The molecule has 0 saturated heterocycles. The second kappa shape index (κ2) is 6.74. The fraction of sp³-hybridized carbons (Fsp3) is 0.235. The van der Waals surface area contributed by atoms with Crippen molar-refractivity contribution in [1.82, 2.24) is 4.90 Å². The standard InChI is InChI=1S/C17H18N2O.ClH/c18-16(10-13-6-2-1-3-7-13)17(20)19-11-14-8-4-5-9-15(14)12-19;/h1-9,16H,10-12,18H2;1H/t16-;/m0./s1. The maximum absolute atomic E-state index is 12.4. The molecule has 2 aromatic carbocycles. The molecule has 0 aromatic heterocycles. The summed E-state index contributed by atoms with van der Waals surface area (Å²) in [5.74, 6) is 0.0325. The Hall–Kier alpha value is -1.84. The summed E-state index contributed by atoms with van der Waals surface area (Å²) in [4.78, 5) is 14.3. The summed E-state index contributed by atoms with van der Waals surface area (Å²) in [5.41, 5.74) is 9.63. The predicted molar refractivity (Wildman–Crippen MR) is 86.1 cm³/mol. The molecular weight excluding hydrogens is 284 g/mol. The van der Waals surface area contributed by atoms with Crippen LogP contribution in [0.5, 0.6) is 0 Å². The zero-order valence-corrected chi connectivity index (χ0v) is 12.6. The molecule has 2 N–H and O–H groups in total. The minimum atomic E-state index is -0.466. The highest BCUT2D eigenvalue weighted by molar-refractivity contribution is 5.85. The van der Waals surface area contributed by atoms with Crippen LogP contribution in [-0.2, 0) is 24.3 Å². The molecule has 1 heterocycles. The zero-order valence-electron chi connectivity index (χ0n) is 11.7. The predicted octanol–water partition coefficient (Wildman–Crippen LogP) is 2.52. The number of halogens is 1. The Morgan fingerprint density at radius 1 is 1.00 bits per heavy atom. The molecule has 0 bridgehead atoms. The van der Waals surface area contributed by atoms with Crippen LogP contribution in [0.1, 0.15) is 16.7 Å². The summed E-state index contributed by atoms with van der Waals surface area (Å²) in [7, 11) is 0. The van der Waals surface area contributed by atoms with Crippen LogP contribution in [0, 0.1) is 0 Å². The molecule has 0 unspecified atom stereocenters. The number of carbonyl (C=O) groups is 1. The largest absolute Gasteiger partial charge is 0.333 e. The van der Waals surface area contributed by atoms with Gasteiger partial charge in [0.1, 0.15) is 0 Å². The van der Waals surface area contributed by atoms with Crippen LogP contribution in [0.3, 0.4) is 0 Å². The van der Waals surface area contributed by atoms with E-state index in [4.69, 9.17) is 5.73 Å². The molecule has 0 saturated carbocycles. The van der Waals surface area contributed by atoms with Gasteiger partial charge >= 0.3 is 0 Å². The van der Waals surface area contributed by atoms with Crippen LogP contribution in [-0.4, -0.2) is 16.8 Å². The summed E-state index contributed by atoms with van der Waals surface area (Å²) in [6.45, 7) is 1.36. The molecule has 110 valence electrons. The smallest absolute Gasteiger partial charge is 0.240 e. The minimum Gasteiger partial charge on any atom is -0.333 e. The first-order chi connectivity index (χ1) is 9.74. The van der Waals surface area contributed by atoms with Crippen LogP contribution in [0.4, 0.5) is 0 Å². The van der Waals surface area contributed by atoms with Crippen molar-refractivity contribution in [2.24, 2.45) is 5.73 Å². The SMILES string of the molecule is Cl.N[C@@H](Cc1ccccc1)C(=O)N1Cc2ccccc2C1. The number of nitrogens with two attached hydrogens (primary N) is 1. The van der Waals surface area contributed by atoms with Crippen LogP contribution in [0.15, 0.2) is 54.6 Å². The van der Waals surface area contributed by atoms with Gasteiger partial charge in [0.05, 0.1) is 6.04 Å². The molecule has 0 radical (unpaired) electrons. The molecule has 3 rings (SSSR count). The van der Waals surface area contributed by atoms with Crippen molar-refractivity contribution >= 4 is 18.3 Å². The van der Waals surface area contributed by atoms with Crippen LogP contribution in [0.2, 0.25) is 0 Å². The lowest BCUT2D eigenvalue weighted by atomic mass is 10.1. The van der Waals surface area contributed by atoms with Gasteiger partial charge in [-0.25, -0.2) is 0 Å². The van der Waals surface area contributed by atoms with E-state index in [1.54, 1.807) is 0 Å². The van der Waals surface area contributed by atoms with Crippen LogP contribution in [0.25, 0.3) is 0 Å². The van der Waals surface area contributed by atoms with E-state index in [2.05, 4.69) is 12.1 Å². The second-order valence-electron chi connectivity index (χ2n) is 5.26. The molecule has 1 atom stereocenters. The van der Waals surface area contributed by atoms with E-state index in [0.717, 1.165) is 5.56 Å². The van der Waals surface area contributed by atoms with Crippen molar-refractivity contribution in [3.05, 3.63) is 71.3 Å². The van der Waals surface area contributed by atoms with E-state index in [1.807, 2.05) is 47.4 Å². The Kier molecular flexibility index (Phi) is 4.99. The molecule has 1 aliphatic heterocycles. The number of hydrogen-bond donors (Lipinski definition) is 1. The number of benzene rings is 2. The van der Waals surface area contributed by atoms with E-state index >= 15 is 0 Å². The molecular formula is C17H19ClN2O. The number of nitrogens with zero attached hydrogens (tertiary/aromatic N) is 1. The average molecular weight is 303 g/mol. The molecule has 0 aliphatic carbocycles. The second-order valence-corrected chi connectivity index (χ2v) is 5.26. The van der Waals surface area contributed by atoms with Gasteiger partial charge < -0.3 is 10.6 Å². The van der Waals surface area contributed by atoms with Crippen molar-refractivity contribution in [2.45, 2.75) is 25.6 Å². The first kappa shape index (κ1) is 15.5. The third-order valence-electron chi connectivity index (χ3n) is 3.77. The highest BCUT2D eigenvalue weighted by Crippen LogP contribution is 2.22. The molecule has 2 aromatic rings. The van der Waals surface area contributed by atoms with E-state index in [9.17, 15) is 4.79 Å². The fourth-order valence-corrected chi connectivity index (χ4v) is 2.68. The maximum atomic E-state index is 12.4. The molecule has 1 aliphatic rings. The first-order valence-electron chi connectivity index (χ1n) is 6.89. The zero-order chi connectivity index (χ0) is 13.9. The fourth-order valence-electron chi connectivity index (χ4n) is 2.68. The summed E-state index contributed by atoms with van der Waals surface area (Å²) in [6, 6.07) is 17.6. The van der Waals surface area contributed by atoms with Crippen LogP contribution >= 0.6 is 12.4 Å². The Labute approximate surface area is 131 Å². The Morgan fingerprint density at radius 3 is 2.10 bits per heavy atom. The summed E-state index contributed by atoms with van der Waals surface area (Å²) < 4.78 is 0. The minimum absolute atomic E-state index is 0. The third kappa shape index (κ3) is 3.43. The molecule has 3 nitrogen and oxygen atoms in total. The number of fused-ring (bicyclic) bond motifs is 1. The van der Waals surface area contributed by atoms with Gasteiger partial charge in [-0.3, -0.25) is 4.79 Å². The van der Waals surface area contributed by atoms with Gasteiger partial charge in [0.2, 0.25) is 5.91 Å². The van der Waals surface area contributed by atoms with Crippen molar-refractivity contribution < 1.29 is 4.79 Å². The number of rotatable bonds is 3. The number of hydrogen-bond acceptors (Lipinski definition) is 2. The van der Waals surface area contributed by atoms with Gasteiger partial charge in [-0.1, -0.05) is 54.6 Å². The van der Waals surface area contributed by atoms with E-state index in [-0.39, 0.29) is 18.3 Å². The number of amides is 1. The normalized spacial score (nSPS) is 14.2. The van der Waals surface area contributed by atoms with E-state index in [1.165, 1.54) is 11.1 Å². The summed E-state index contributed by atoms with van der Waals surface area (Å²) in [5, 5.41) is 0. The van der Waals surface area contributed by atoms with E-state index in [0.29, 0.717) is 19.5 Å². The topological polar surface area (TPSA) is 46.3 Å². The van der Waals surface area contributed by atoms with Gasteiger partial charge in [0, 0.05) is 13.1 Å². The van der Waals surface area contributed by atoms with Crippen molar-refractivity contribution in [3.63, 3.8) is 0 Å². The van der Waals surface area contributed by atoms with Gasteiger partial charge in [-0.15, -0.1) is 12.4 Å². The van der Waals surface area contributed by atoms with Crippen LogP contribution < -0.4 is 5.73 Å². The van der Waals surface area contributed by atoms with E-state index < -0.39 is 6.04 Å². The molecule has 0 fully saturated rings. The lowest BCUT2D eigenvalue weighted by molar-refractivity contribution is -0.133. The highest BCUT2D eigenvalue weighted by Gasteiger charge is 2.26. The summed E-state index contributed by atoms with van der Waals surface area (Å²) >= 11 is 0. The number of carbonyl (C=O) groups excluding carboxylic acids is 1. The molecule has 4 heteroatoms. The molecule has 0 spiro atoms. The van der Waals surface area contributed by atoms with Gasteiger partial charge in [0.25, 0.3) is 0 Å². The monoisotopic (exact) mass is 302 g/mol. The molecule has 1 amide bonds. The Morgan fingerprint density at radius 2 is 1.52 bits per heavy atom. The Balaban J connectivity index is 0.00000161. The lowest BCUT2D eigenvalue weighted by Crippen LogP contribution is -2.42. The quantitative estimate of drug-likeness (QED) is 0.947. The average Bonchev–Trinajstić information content (AvgIpc) is 2.91. The van der Waals surface area contributed by atoms with Gasteiger partial charge in [-0.2, -0.15) is 0 Å². The highest BCUT2D eigenvalue weighted by atomic mass is 35.5. The van der Waals surface area contributed by atoms with Gasteiger partial charge in [-0.05, 0) is 23.1 Å². The summed E-state index contributed by atoms with van der Waals surface area (Å²) in [6.07, 6.45) is 0.590.